The number of pyridine rings is 1. The lowest BCUT2D eigenvalue weighted by Crippen LogP contribution is -2.35. The predicted molar refractivity (Wildman–Crippen MR) is 107 cm³/mol. The zero-order valence-corrected chi connectivity index (χ0v) is 16.4. The van der Waals surface area contributed by atoms with Gasteiger partial charge in [0.25, 0.3) is 0 Å². The van der Waals surface area contributed by atoms with Crippen LogP contribution in [-0.2, 0) is 6.42 Å². The Morgan fingerprint density at radius 3 is 2.76 bits per heavy atom. The van der Waals surface area contributed by atoms with Crippen molar-refractivity contribution in [3.8, 4) is 11.3 Å². The molecule has 0 unspecified atom stereocenters. The number of piperidine rings is 1. The maximum Gasteiger partial charge on any atom is 0.191 e. The fourth-order valence-corrected chi connectivity index (χ4v) is 3.93. The Labute approximate surface area is 168 Å². The molecule has 4 aromatic rings. The van der Waals surface area contributed by atoms with E-state index in [4.69, 9.17) is 9.52 Å². The van der Waals surface area contributed by atoms with Crippen LogP contribution < -0.4 is 0 Å². The highest BCUT2D eigenvalue weighted by Gasteiger charge is 2.25. The summed E-state index contributed by atoms with van der Waals surface area (Å²) in [5.74, 6) is 3.01. The molecule has 148 valence electrons. The first-order chi connectivity index (χ1) is 14.3. The summed E-state index contributed by atoms with van der Waals surface area (Å²) >= 11 is 0. The van der Waals surface area contributed by atoms with Crippen LogP contribution >= 0.6 is 0 Å². The first-order valence-corrected chi connectivity index (χ1v) is 10.0. The van der Waals surface area contributed by atoms with Crippen LogP contribution in [0.2, 0.25) is 0 Å². The average molecular weight is 389 g/mol. The van der Waals surface area contributed by atoms with E-state index in [2.05, 4.69) is 25.1 Å². The van der Waals surface area contributed by atoms with Crippen molar-refractivity contribution in [2.75, 3.05) is 19.6 Å². The lowest BCUT2D eigenvalue weighted by molar-refractivity contribution is 0.207. The van der Waals surface area contributed by atoms with Crippen molar-refractivity contribution in [1.82, 2.24) is 34.7 Å². The summed E-state index contributed by atoms with van der Waals surface area (Å²) in [6, 6.07) is 7.88. The fraction of sp³-hybridized carbons (Fsp3) is 0.381. The van der Waals surface area contributed by atoms with Gasteiger partial charge in [-0.15, -0.1) is 10.2 Å². The summed E-state index contributed by atoms with van der Waals surface area (Å²) in [5.41, 5.74) is 2.66. The highest BCUT2D eigenvalue weighted by atomic mass is 16.3. The number of aromatic nitrogens is 6. The van der Waals surface area contributed by atoms with Crippen LogP contribution in [0.5, 0.6) is 0 Å². The molecule has 5 rings (SSSR count). The molecule has 8 heteroatoms. The molecule has 0 bridgehead atoms. The standard InChI is InChI=1S/C21H23N7O/c1-15-23-14-18(29-15)8-12-27-10-6-16(7-11-27)21-25-24-20-5-4-19(26-28(20)21)17-3-2-9-22-13-17/h2-5,9,13-14,16H,6-8,10-12H2,1H3. The molecular weight excluding hydrogens is 366 g/mol. The molecule has 0 radical (unpaired) electrons. The maximum atomic E-state index is 5.58. The van der Waals surface area contributed by atoms with E-state index in [1.165, 1.54) is 0 Å². The smallest absolute Gasteiger partial charge is 0.191 e. The number of rotatable bonds is 5. The molecule has 0 spiro atoms. The number of fused-ring (bicyclic) bond motifs is 1. The molecule has 5 heterocycles. The maximum absolute atomic E-state index is 5.58. The van der Waals surface area contributed by atoms with E-state index >= 15 is 0 Å². The van der Waals surface area contributed by atoms with Gasteiger partial charge in [0.1, 0.15) is 5.76 Å². The summed E-state index contributed by atoms with van der Waals surface area (Å²) in [4.78, 5) is 10.8. The lowest BCUT2D eigenvalue weighted by Gasteiger charge is -2.30. The Hall–Kier alpha value is -3.13. The second kappa shape index (κ2) is 7.71. The molecule has 4 aromatic heterocycles. The third-order valence-corrected chi connectivity index (χ3v) is 5.54. The number of hydrogen-bond acceptors (Lipinski definition) is 7. The highest BCUT2D eigenvalue weighted by molar-refractivity contribution is 5.58. The second-order valence-corrected chi connectivity index (χ2v) is 7.50. The van der Waals surface area contributed by atoms with Gasteiger partial charge in [0.05, 0.1) is 11.9 Å². The van der Waals surface area contributed by atoms with E-state index in [1.54, 1.807) is 6.20 Å². The van der Waals surface area contributed by atoms with Gasteiger partial charge in [0.15, 0.2) is 17.4 Å². The quantitative estimate of drug-likeness (QED) is 0.519. The molecule has 1 fully saturated rings. The Balaban J connectivity index is 1.28. The zero-order chi connectivity index (χ0) is 19.6. The highest BCUT2D eigenvalue weighted by Crippen LogP contribution is 2.27. The van der Waals surface area contributed by atoms with E-state index < -0.39 is 0 Å². The van der Waals surface area contributed by atoms with E-state index in [0.717, 1.165) is 73.3 Å². The van der Waals surface area contributed by atoms with Crippen molar-refractivity contribution in [2.24, 2.45) is 0 Å². The van der Waals surface area contributed by atoms with Gasteiger partial charge < -0.3 is 9.32 Å². The van der Waals surface area contributed by atoms with Crippen molar-refractivity contribution in [2.45, 2.75) is 32.1 Å². The molecule has 29 heavy (non-hydrogen) atoms. The summed E-state index contributed by atoms with van der Waals surface area (Å²) in [7, 11) is 0. The third-order valence-electron chi connectivity index (χ3n) is 5.54. The van der Waals surface area contributed by atoms with Crippen molar-refractivity contribution < 1.29 is 4.42 Å². The van der Waals surface area contributed by atoms with Crippen molar-refractivity contribution >= 4 is 5.65 Å². The number of aryl methyl sites for hydroxylation is 1. The van der Waals surface area contributed by atoms with E-state index in [1.807, 2.05) is 48.1 Å². The number of hydrogen-bond donors (Lipinski definition) is 0. The van der Waals surface area contributed by atoms with E-state index in [9.17, 15) is 0 Å². The van der Waals surface area contributed by atoms with Crippen molar-refractivity contribution in [3.05, 3.63) is 60.3 Å². The Bertz CT molecular complexity index is 1100. The van der Waals surface area contributed by atoms with Gasteiger partial charge in [-0.1, -0.05) is 0 Å². The van der Waals surface area contributed by atoms with Gasteiger partial charge in [-0.25, -0.2) is 4.98 Å². The summed E-state index contributed by atoms with van der Waals surface area (Å²) in [5, 5.41) is 13.6. The van der Waals surface area contributed by atoms with Gasteiger partial charge in [0.2, 0.25) is 0 Å². The first-order valence-electron chi connectivity index (χ1n) is 10.0. The topological polar surface area (TPSA) is 85.2 Å². The van der Waals surface area contributed by atoms with Crippen LogP contribution in [0.1, 0.15) is 36.2 Å². The minimum atomic E-state index is 0.366. The van der Waals surface area contributed by atoms with E-state index in [0.29, 0.717) is 5.92 Å². The normalized spacial score (nSPS) is 15.9. The van der Waals surface area contributed by atoms with Crippen LogP contribution in [0.15, 0.2) is 47.3 Å². The van der Waals surface area contributed by atoms with Crippen LogP contribution in [0.3, 0.4) is 0 Å². The molecule has 0 N–H and O–H groups in total. The third kappa shape index (κ3) is 3.75. The zero-order valence-electron chi connectivity index (χ0n) is 16.4. The Morgan fingerprint density at radius 2 is 2.00 bits per heavy atom. The average Bonchev–Trinajstić information content (AvgIpc) is 3.39. The van der Waals surface area contributed by atoms with Crippen molar-refractivity contribution in [3.63, 3.8) is 0 Å². The molecule has 8 nitrogen and oxygen atoms in total. The van der Waals surface area contributed by atoms with Gasteiger partial charge in [-0.2, -0.15) is 9.61 Å². The second-order valence-electron chi connectivity index (χ2n) is 7.50. The van der Waals surface area contributed by atoms with Crippen molar-refractivity contribution in [1.29, 1.82) is 0 Å². The largest absolute Gasteiger partial charge is 0.446 e. The molecule has 0 saturated carbocycles. The molecule has 1 aliphatic heterocycles. The minimum Gasteiger partial charge on any atom is -0.446 e. The van der Waals surface area contributed by atoms with Gasteiger partial charge >= 0.3 is 0 Å². The monoisotopic (exact) mass is 389 g/mol. The molecular formula is C21H23N7O. The number of oxazole rings is 1. The van der Waals surface area contributed by atoms with Crippen LogP contribution in [0, 0.1) is 6.92 Å². The summed E-state index contributed by atoms with van der Waals surface area (Å²) < 4.78 is 7.48. The molecule has 1 aliphatic rings. The SMILES string of the molecule is Cc1ncc(CCN2CCC(c3nnc4ccc(-c5cccnc5)nn34)CC2)o1. The Kier molecular flexibility index (Phi) is 4.77. The number of likely N-dealkylation sites (tertiary alicyclic amines) is 1. The molecule has 0 atom stereocenters. The lowest BCUT2D eigenvalue weighted by atomic mass is 9.96. The summed E-state index contributed by atoms with van der Waals surface area (Å²) in [6.45, 7) is 4.95. The number of nitrogens with zero attached hydrogens (tertiary/aromatic N) is 7. The molecule has 0 aromatic carbocycles. The minimum absolute atomic E-state index is 0.366. The van der Waals surface area contributed by atoms with Crippen LogP contribution in [-0.4, -0.2) is 54.3 Å². The van der Waals surface area contributed by atoms with Gasteiger partial charge in [-0.3, -0.25) is 4.98 Å². The molecule has 0 amide bonds. The fourth-order valence-electron chi connectivity index (χ4n) is 3.93. The first kappa shape index (κ1) is 17.9. The summed E-state index contributed by atoms with van der Waals surface area (Å²) in [6.07, 6.45) is 8.42. The predicted octanol–water partition coefficient (Wildman–Crippen LogP) is 2.90. The van der Waals surface area contributed by atoms with Crippen LogP contribution in [0.25, 0.3) is 16.9 Å². The molecule has 1 saturated heterocycles. The van der Waals surface area contributed by atoms with Gasteiger partial charge in [0, 0.05) is 43.8 Å². The van der Waals surface area contributed by atoms with Crippen LogP contribution in [0.4, 0.5) is 0 Å². The Morgan fingerprint density at radius 1 is 1.10 bits per heavy atom. The molecule has 0 aliphatic carbocycles. The van der Waals surface area contributed by atoms with Gasteiger partial charge in [-0.05, 0) is 50.2 Å². The van der Waals surface area contributed by atoms with E-state index in [-0.39, 0.29) is 0 Å².